The molecule has 100 valence electrons. The molecule has 17 heavy (non-hydrogen) atoms. The maximum Gasteiger partial charge on any atom is 0.319 e. The Hall–Kier alpha value is -0.650. The second-order valence-corrected chi connectivity index (χ2v) is 4.65. The van der Waals surface area contributed by atoms with Gasteiger partial charge < -0.3 is 15.2 Å². The molecule has 0 bridgehead atoms. The molecule has 0 radical (unpaired) electrons. The number of nitrogens with zero attached hydrogens (tertiary/aromatic N) is 1. The molecule has 2 N–H and O–H groups in total. The molecule has 5 heteroatoms. The lowest BCUT2D eigenvalue weighted by atomic mass is 9.92. The largest absolute Gasteiger partial charge is 0.468 e. The number of carbonyl (C=O) groups excluding carboxylic acids is 1. The van der Waals surface area contributed by atoms with Gasteiger partial charge in [-0.3, -0.25) is 9.69 Å². The predicted octanol–water partition coefficient (Wildman–Crippen LogP) is -0.158. The smallest absolute Gasteiger partial charge is 0.319 e. The summed E-state index contributed by atoms with van der Waals surface area (Å²) in [6.07, 6.45) is 2.24. The van der Waals surface area contributed by atoms with E-state index in [0.717, 1.165) is 25.9 Å². The predicted molar refractivity (Wildman–Crippen MR) is 65.7 cm³/mol. The summed E-state index contributed by atoms with van der Waals surface area (Å²) in [6, 6.07) is 0.366. The minimum absolute atomic E-state index is 0.157. The molecular weight excluding hydrogens is 220 g/mol. The molecule has 0 aromatic heterocycles. The highest BCUT2D eigenvalue weighted by atomic mass is 16.5. The van der Waals surface area contributed by atoms with Crippen LogP contribution in [0, 0.1) is 5.92 Å². The Morgan fingerprint density at radius 2 is 2.29 bits per heavy atom. The van der Waals surface area contributed by atoms with Crippen LogP contribution in [0.25, 0.3) is 0 Å². The highest BCUT2D eigenvalue weighted by molar-refractivity contribution is 5.71. The topological polar surface area (TPSA) is 61.8 Å². The Labute approximate surface area is 103 Å². The van der Waals surface area contributed by atoms with E-state index in [1.165, 1.54) is 7.11 Å². The van der Waals surface area contributed by atoms with Gasteiger partial charge in [-0.05, 0) is 12.3 Å². The van der Waals surface area contributed by atoms with Crippen LogP contribution in [0.5, 0.6) is 0 Å². The Kier molecular flexibility index (Phi) is 6.47. The van der Waals surface area contributed by atoms with Crippen molar-refractivity contribution < 1.29 is 14.6 Å². The zero-order valence-corrected chi connectivity index (χ0v) is 10.8. The van der Waals surface area contributed by atoms with Gasteiger partial charge in [0.15, 0.2) is 0 Å². The average molecular weight is 244 g/mol. The molecule has 1 aliphatic rings. The van der Waals surface area contributed by atoms with Gasteiger partial charge in [-0.15, -0.1) is 0 Å². The fourth-order valence-corrected chi connectivity index (χ4v) is 2.39. The van der Waals surface area contributed by atoms with Crippen LogP contribution in [0.2, 0.25) is 0 Å². The molecule has 1 rings (SSSR count). The van der Waals surface area contributed by atoms with Gasteiger partial charge in [-0.25, -0.2) is 0 Å². The minimum atomic E-state index is -0.178. The molecule has 1 saturated heterocycles. The number of methoxy groups -OCH3 is 1. The number of hydrogen-bond donors (Lipinski definition) is 2. The van der Waals surface area contributed by atoms with Gasteiger partial charge in [0.2, 0.25) is 0 Å². The molecule has 0 aromatic rings. The fraction of sp³-hybridized carbons (Fsp3) is 0.917. The standard InChI is InChI=1S/C12H24N2O3/c1-3-10-6-11(13-4-5-15)8-14(7-10)9-12(16)17-2/h10-11,13,15H,3-9H2,1-2H3. The molecule has 0 aliphatic carbocycles. The van der Waals surface area contributed by atoms with Crippen LogP contribution in [0.1, 0.15) is 19.8 Å². The van der Waals surface area contributed by atoms with Gasteiger partial charge >= 0.3 is 5.97 Å². The fourth-order valence-electron chi connectivity index (χ4n) is 2.39. The van der Waals surface area contributed by atoms with Gasteiger partial charge in [0.25, 0.3) is 0 Å². The third-order valence-electron chi connectivity index (χ3n) is 3.32. The SMILES string of the molecule is CCC1CC(NCCO)CN(CC(=O)OC)C1. The molecule has 0 amide bonds. The van der Waals surface area contributed by atoms with Crippen molar-refractivity contribution in [1.29, 1.82) is 0 Å². The van der Waals surface area contributed by atoms with Gasteiger partial charge in [-0.2, -0.15) is 0 Å². The number of aliphatic hydroxyl groups excluding tert-OH is 1. The lowest BCUT2D eigenvalue weighted by molar-refractivity contribution is -0.142. The van der Waals surface area contributed by atoms with Crippen LogP contribution < -0.4 is 5.32 Å². The lowest BCUT2D eigenvalue weighted by Crippen LogP contribution is -2.51. The van der Waals surface area contributed by atoms with Crippen LogP contribution in [0.15, 0.2) is 0 Å². The molecule has 0 spiro atoms. The lowest BCUT2D eigenvalue weighted by Gasteiger charge is -2.37. The molecule has 0 saturated carbocycles. The highest BCUT2D eigenvalue weighted by Gasteiger charge is 2.27. The first-order chi connectivity index (χ1) is 8.19. The number of nitrogens with one attached hydrogen (secondary N) is 1. The van der Waals surface area contributed by atoms with Crippen molar-refractivity contribution in [2.45, 2.75) is 25.8 Å². The highest BCUT2D eigenvalue weighted by Crippen LogP contribution is 2.19. The maximum absolute atomic E-state index is 11.3. The molecule has 0 aromatic carbocycles. The van der Waals surface area contributed by atoms with E-state index >= 15 is 0 Å². The Morgan fingerprint density at radius 1 is 1.53 bits per heavy atom. The van der Waals surface area contributed by atoms with Crippen molar-refractivity contribution in [2.24, 2.45) is 5.92 Å². The first-order valence-corrected chi connectivity index (χ1v) is 6.33. The van der Waals surface area contributed by atoms with Crippen molar-refractivity contribution in [2.75, 3.05) is 39.9 Å². The molecule has 1 heterocycles. The van der Waals surface area contributed by atoms with E-state index in [1.54, 1.807) is 0 Å². The molecule has 5 nitrogen and oxygen atoms in total. The number of rotatable bonds is 6. The summed E-state index contributed by atoms with van der Waals surface area (Å²) in [5.41, 5.74) is 0. The summed E-state index contributed by atoms with van der Waals surface area (Å²) in [5, 5.41) is 12.1. The average Bonchev–Trinajstić information content (AvgIpc) is 2.35. The molecule has 2 unspecified atom stereocenters. The number of carbonyl (C=O) groups is 1. The minimum Gasteiger partial charge on any atom is -0.468 e. The van der Waals surface area contributed by atoms with Crippen molar-refractivity contribution >= 4 is 5.97 Å². The Morgan fingerprint density at radius 3 is 2.88 bits per heavy atom. The zero-order valence-electron chi connectivity index (χ0n) is 10.8. The number of aliphatic hydroxyl groups is 1. The number of ether oxygens (including phenoxy) is 1. The van der Waals surface area contributed by atoms with E-state index < -0.39 is 0 Å². The number of piperidine rings is 1. The zero-order chi connectivity index (χ0) is 12.7. The quantitative estimate of drug-likeness (QED) is 0.636. The summed E-state index contributed by atoms with van der Waals surface area (Å²) < 4.78 is 4.70. The Bertz CT molecular complexity index is 236. The number of esters is 1. The van der Waals surface area contributed by atoms with E-state index in [9.17, 15) is 4.79 Å². The first-order valence-electron chi connectivity index (χ1n) is 6.33. The van der Waals surface area contributed by atoms with Gasteiger partial charge in [0, 0.05) is 25.7 Å². The van der Waals surface area contributed by atoms with Gasteiger partial charge in [-0.1, -0.05) is 13.3 Å². The molecule has 1 fully saturated rings. The maximum atomic E-state index is 11.3. The van der Waals surface area contributed by atoms with E-state index in [-0.39, 0.29) is 12.6 Å². The normalized spacial score (nSPS) is 25.8. The van der Waals surface area contributed by atoms with Crippen LogP contribution >= 0.6 is 0 Å². The van der Waals surface area contributed by atoms with E-state index in [4.69, 9.17) is 9.84 Å². The number of hydrogen-bond acceptors (Lipinski definition) is 5. The van der Waals surface area contributed by atoms with E-state index in [0.29, 0.717) is 25.0 Å². The van der Waals surface area contributed by atoms with Crippen molar-refractivity contribution in [3.63, 3.8) is 0 Å². The molecule has 1 aliphatic heterocycles. The second-order valence-electron chi connectivity index (χ2n) is 4.65. The molecule has 2 atom stereocenters. The summed E-state index contributed by atoms with van der Waals surface area (Å²) in [4.78, 5) is 13.4. The van der Waals surface area contributed by atoms with Crippen LogP contribution in [-0.2, 0) is 9.53 Å². The van der Waals surface area contributed by atoms with Crippen molar-refractivity contribution in [3.05, 3.63) is 0 Å². The van der Waals surface area contributed by atoms with Crippen molar-refractivity contribution in [1.82, 2.24) is 10.2 Å². The van der Waals surface area contributed by atoms with E-state index in [2.05, 4.69) is 17.1 Å². The first kappa shape index (κ1) is 14.4. The van der Waals surface area contributed by atoms with Gasteiger partial charge in [0.05, 0.1) is 20.3 Å². The molecular formula is C12H24N2O3. The Balaban J connectivity index is 2.44. The summed E-state index contributed by atoms with van der Waals surface area (Å²) >= 11 is 0. The third-order valence-corrected chi connectivity index (χ3v) is 3.32. The number of likely N-dealkylation sites (tertiary alicyclic amines) is 1. The van der Waals surface area contributed by atoms with Gasteiger partial charge in [0.1, 0.15) is 0 Å². The third kappa shape index (κ3) is 5.02. The summed E-state index contributed by atoms with van der Waals surface area (Å²) in [5.74, 6) is 0.437. The summed E-state index contributed by atoms with van der Waals surface area (Å²) in [6.45, 7) is 5.13. The van der Waals surface area contributed by atoms with Crippen LogP contribution in [0.3, 0.4) is 0 Å². The van der Waals surface area contributed by atoms with Crippen LogP contribution in [0.4, 0.5) is 0 Å². The monoisotopic (exact) mass is 244 g/mol. The summed E-state index contributed by atoms with van der Waals surface area (Å²) in [7, 11) is 1.42. The van der Waals surface area contributed by atoms with Crippen LogP contribution in [-0.4, -0.2) is 61.9 Å². The van der Waals surface area contributed by atoms with Crippen molar-refractivity contribution in [3.8, 4) is 0 Å². The second kappa shape index (κ2) is 7.63. The van der Waals surface area contributed by atoms with E-state index in [1.807, 2.05) is 0 Å².